The Morgan fingerprint density at radius 2 is 1.62 bits per heavy atom. The summed E-state index contributed by atoms with van der Waals surface area (Å²) in [5, 5.41) is 2.51. The van der Waals surface area contributed by atoms with Crippen molar-refractivity contribution in [2.75, 3.05) is 0 Å². The van der Waals surface area contributed by atoms with Crippen LogP contribution in [0.25, 0.3) is 10.8 Å². The zero-order chi connectivity index (χ0) is 14.7. The lowest BCUT2D eigenvalue weighted by atomic mass is 10.0. The molecule has 1 nitrogen and oxygen atoms in total. The zero-order valence-corrected chi connectivity index (χ0v) is 13.0. The van der Waals surface area contributed by atoms with Gasteiger partial charge >= 0.3 is 0 Å². The molecule has 0 aromatic heterocycles. The molecule has 0 aliphatic heterocycles. The molecule has 3 rings (SSSR count). The number of aryl methyl sites for hydroxylation is 2. The predicted molar refractivity (Wildman–Crippen MR) is 93.3 cm³/mol. The molecule has 0 atom stereocenters. The standard InChI is InChI=1S/C19H17NS/c1-14-7-11-17(12-8-14)21-20-13-19-15(2)9-10-16-5-3-4-6-18(16)19/h3-13H,1-2H3. The molecular weight excluding hydrogens is 274 g/mol. The average molecular weight is 291 g/mol. The van der Waals surface area contributed by atoms with Crippen LogP contribution in [0.4, 0.5) is 0 Å². The number of fused-ring (bicyclic) bond motifs is 1. The van der Waals surface area contributed by atoms with Crippen LogP contribution in [-0.4, -0.2) is 6.21 Å². The number of hydrogen-bond acceptors (Lipinski definition) is 2. The number of nitrogens with zero attached hydrogens (tertiary/aromatic N) is 1. The fraction of sp³-hybridized carbons (Fsp3) is 0.105. The molecule has 0 fully saturated rings. The third-order valence-corrected chi connectivity index (χ3v) is 4.24. The molecule has 0 N–H and O–H groups in total. The molecule has 0 spiro atoms. The number of benzene rings is 3. The summed E-state index contributed by atoms with van der Waals surface area (Å²) >= 11 is 1.51. The van der Waals surface area contributed by atoms with Crippen LogP contribution in [0.5, 0.6) is 0 Å². The van der Waals surface area contributed by atoms with Crippen LogP contribution in [0.15, 0.2) is 70.0 Å². The van der Waals surface area contributed by atoms with Crippen molar-refractivity contribution in [1.29, 1.82) is 0 Å². The minimum atomic E-state index is 1.16. The first-order valence-electron chi connectivity index (χ1n) is 6.99. The van der Waals surface area contributed by atoms with Gasteiger partial charge in [-0.1, -0.05) is 54.1 Å². The highest BCUT2D eigenvalue weighted by Crippen LogP contribution is 2.23. The Labute approximate surface area is 129 Å². The highest BCUT2D eigenvalue weighted by molar-refractivity contribution is 7.98. The van der Waals surface area contributed by atoms with Crippen molar-refractivity contribution in [3.63, 3.8) is 0 Å². The molecular formula is C19H17NS. The van der Waals surface area contributed by atoms with E-state index in [1.165, 1.54) is 39.4 Å². The molecule has 0 heterocycles. The highest BCUT2D eigenvalue weighted by atomic mass is 32.2. The van der Waals surface area contributed by atoms with E-state index in [4.69, 9.17) is 0 Å². The Balaban J connectivity index is 1.89. The molecule has 0 saturated heterocycles. The molecule has 3 aromatic carbocycles. The van der Waals surface area contributed by atoms with E-state index in [-0.39, 0.29) is 0 Å². The van der Waals surface area contributed by atoms with Gasteiger partial charge in [0, 0.05) is 28.6 Å². The second-order valence-electron chi connectivity index (χ2n) is 5.16. The van der Waals surface area contributed by atoms with Crippen molar-refractivity contribution in [2.45, 2.75) is 18.7 Å². The SMILES string of the molecule is Cc1ccc(SN=Cc2c(C)ccc3ccccc23)cc1. The van der Waals surface area contributed by atoms with Gasteiger partial charge in [-0.3, -0.25) is 0 Å². The average Bonchev–Trinajstić information content (AvgIpc) is 2.51. The first kappa shape index (κ1) is 13.9. The summed E-state index contributed by atoms with van der Waals surface area (Å²) in [6, 6.07) is 21.2. The lowest BCUT2D eigenvalue weighted by Crippen LogP contribution is -1.88. The smallest absolute Gasteiger partial charge is 0.0437 e. The Morgan fingerprint density at radius 1 is 0.857 bits per heavy atom. The number of rotatable bonds is 3. The maximum atomic E-state index is 4.54. The maximum absolute atomic E-state index is 4.54. The Bertz CT molecular complexity index is 788. The van der Waals surface area contributed by atoms with Crippen LogP contribution >= 0.6 is 11.9 Å². The van der Waals surface area contributed by atoms with Crippen molar-refractivity contribution in [1.82, 2.24) is 0 Å². The fourth-order valence-corrected chi connectivity index (χ4v) is 2.85. The van der Waals surface area contributed by atoms with Crippen molar-refractivity contribution in [2.24, 2.45) is 4.40 Å². The quantitative estimate of drug-likeness (QED) is 0.453. The first-order valence-corrected chi connectivity index (χ1v) is 7.77. The van der Waals surface area contributed by atoms with Gasteiger partial charge in [0.2, 0.25) is 0 Å². The van der Waals surface area contributed by atoms with Crippen molar-refractivity contribution >= 4 is 28.9 Å². The minimum Gasteiger partial charge on any atom is -0.219 e. The monoisotopic (exact) mass is 291 g/mol. The van der Waals surface area contributed by atoms with Crippen molar-refractivity contribution < 1.29 is 0 Å². The summed E-state index contributed by atoms with van der Waals surface area (Å²) in [6.07, 6.45) is 1.97. The van der Waals surface area contributed by atoms with Gasteiger partial charge in [0.15, 0.2) is 0 Å². The van der Waals surface area contributed by atoms with Gasteiger partial charge in [0.1, 0.15) is 0 Å². The second-order valence-corrected chi connectivity index (χ2v) is 6.02. The molecule has 0 bridgehead atoms. The van der Waals surface area contributed by atoms with E-state index in [9.17, 15) is 0 Å². The lowest BCUT2D eigenvalue weighted by Gasteiger charge is -2.05. The van der Waals surface area contributed by atoms with Crippen LogP contribution in [0.2, 0.25) is 0 Å². The number of hydrogen-bond donors (Lipinski definition) is 0. The molecule has 0 amide bonds. The summed E-state index contributed by atoms with van der Waals surface area (Å²) in [5.41, 5.74) is 3.72. The van der Waals surface area contributed by atoms with E-state index in [2.05, 4.69) is 78.9 Å². The molecule has 0 saturated carbocycles. The summed E-state index contributed by atoms with van der Waals surface area (Å²) < 4.78 is 4.54. The molecule has 0 radical (unpaired) electrons. The van der Waals surface area contributed by atoms with Crippen LogP contribution in [0.1, 0.15) is 16.7 Å². The Kier molecular flexibility index (Phi) is 4.07. The lowest BCUT2D eigenvalue weighted by molar-refractivity contribution is 1.38. The van der Waals surface area contributed by atoms with E-state index < -0.39 is 0 Å². The van der Waals surface area contributed by atoms with Crippen molar-refractivity contribution in [3.05, 3.63) is 77.4 Å². The van der Waals surface area contributed by atoms with Gasteiger partial charge in [-0.2, -0.15) is 0 Å². The largest absolute Gasteiger partial charge is 0.219 e. The minimum absolute atomic E-state index is 1.16. The summed E-state index contributed by atoms with van der Waals surface area (Å²) in [6.45, 7) is 4.22. The van der Waals surface area contributed by atoms with Crippen LogP contribution < -0.4 is 0 Å². The van der Waals surface area contributed by atoms with Crippen LogP contribution in [0, 0.1) is 13.8 Å². The third kappa shape index (κ3) is 3.17. The Morgan fingerprint density at radius 3 is 2.43 bits per heavy atom. The zero-order valence-electron chi connectivity index (χ0n) is 12.2. The maximum Gasteiger partial charge on any atom is 0.0437 e. The second kappa shape index (κ2) is 6.15. The molecule has 2 heteroatoms. The van der Waals surface area contributed by atoms with Crippen LogP contribution in [0.3, 0.4) is 0 Å². The topological polar surface area (TPSA) is 12.4 Å². The Hall–Kier alpha value is -2.06. The van der Waals surface area contributed by atoms with Crippen LogP contribution in [-0.2, 0) is 0 Å². The highest BCUT2D eigenvalue weighted by Gasteiger charge is 2.01. The normalized spacial score (nSPS) is 11.3. The molecule has 0 aliphatic rings. The molecule has 0 unspecified atom stereocenters. The molecule has 0 aliphatic carbocycles. The van der Waals surface area contributed by atoms with Gasteiger partial charge < -0.3 is 0 Å². The molecule has 3 aromatic rings. The van der Waals surface area contributed by atoms with E-state index in [0.29, 0.717) is 0 Å². The summed E-state index contributed by atoms with van der Waals surface area (Å²) in [7, 11) is 0. The van der Waals surface area contributed by atoms with Gasteiger partial charge in [-0.25, -0.2) is 4.40 Å². The molecule has 104 valence electrons. The third-order valence-electron chi connectivity index (χ3n) is 3.55. The van der Waals surface area contributed by atoms with Crippen molar-refractivity contribution in [3.8, 4) is 0 Å². The van der Waals surface area contributed by atoms with E-state index in [0.717, 1.165) is 4.90 Å². The summed E-state index contributed by atoms with van der Waals surface area (Å²) in [5.74, 6) is 0. The van der Waals surface area contributed by atoms with E-state index in [1.807, 2.05) is 6.21 Å². The predicted octanol–water partition coefficient (Wildman–Crippen LogP) is 5.58. The van der Waals surface area contributed by atoms with Gasteiger partial charge in [0.05, 0.1) is 0 Å². The van der Waals surface area contributed by atoms with Gasteiger partial charge in [0.25, 0.3) is 0 Å². The first-order chi connectivity index (χ1) is 10.2. The fourth-order valence-electron chi connectivity index (χ4n) is 2.32. The molecule has 21 heavy (non-hydrogen) atoms. The van der Waals surface area contributed by atoms with E-state index in [1.54, 1.807) is 0 Å². The van der Waals surface area contributed by atoms with Gasteiger partial charge in [-0.05, 0) is 42.3 Å². The van der Waals surface area contributed by atoms with Gasteiger partial charge in [-0.15, -0.1) is 0 Å². The summed E-state index contributed by atoms with van der Waals surface area (Å²) in [4.78, 5) is 1.16. The van der Waals surface area contributed by atoms with E-state index >= 15 is 0 Å².